The van der Waals surface area contributed by atoms with E-state index in [9.17, 15) is 10.2 Å². The normalized spacial score (nSPS) is 15.9. The van der Waals surface area contributed by atoms with E-state index >= 15 is 0 Å². The number of rotatable bonds is 1. The molecule has 3 nitrogen and oxygen atoms in total. The maximum absolute atomic E-state index is 9.29. The molecule has 3 heteroatoms. The molecule has 0 saturated heterocycles. The van der Waals surface area contributed by atoms with Crippen LogP contribution in [0.2, 0.25) is 0 Å². The SMILES string of the molecule is NC(O)(O)c1cccc2c1CCC2. The Morgan fingerprint density at radius 1 is 1.23 bits per heavy atom. The van der Waals surface area contributed by atoms with Gasteiger partial charge in [-0.25, -0.2) is 0 Å². The van der Waals surface area contributed by atoms with E-state index in [0.717, 1.165) is 24.8 Å². The Morgan fingerprint density at radius 3 is 2.69 bits per heavy atom. The molecule has 0 spiro atoms. The molecule has 2 rings (SSSR count). The molecule has 70 valence electrons. The van der Waals surface area contributed by atoms with Gasteiger partial charge in [0.15, 0.2) is 0 Å². The summed E-state index contributed by atoms with van der Waals surface area (Å²) < 4.78 is 0. The number of fused-ring (bicyclic) bond motifs is 1. The topological polar surface area (TPSA) is 66.5 Å². The van der Waals surface area contributed by atoms with Gasteiger partial charge >= 0.3 is 0 Å². The molecule has 0 bridgehead atoms. The molecule has 13 heavy (non-hydrogen) atoms. The number of hydrogen-bond acceptors (Lipinski definition) is 3. The van der Waals surface area contributed by atoms with Gasteiger partial charge in [0.1, 0.15) is 0 Å². The highest BCUT2D eigenvalue weighted by Crippen LogP contribution is 2.28. The number of aryl methyl sites for hydroxylation is 1. The number of nitrogens with two attached hydrogens (primary N) is 1. The Kier molecular flexibility index (Phi) is 1.87. The van der Waals surface area contributed by atoms with Gasteiger partial charge < -0.3 is 10.2 Å². The monoisotopic (exact) mass is 179 g/mol. The van der Waals surface area contributed by atoms with Crippen molar-refractivity contribution in [2.45, 2.75) is 25.2 Å². The molecule has 1 aliphatic carbocycles. The molecule has 0 atom stereocenters. The average Bonchev–Trinajstić information content (AvgIpc) is 2.48. The summed E-state index contributed by atoms with van der Waals surface area (Å²) in [4.78, 5) is 0. The van der Waals surface area contributed by atoms with E-state index in [1.165, 1.54) is 5.56 Å². The Bertz CT molecular complexity index is 328. The smallest absolute Gasteiger partial charge is 0.248 e. The molecule has 0 amide bonds. The van der Waals surface area contributed by atoms with Crippen LogP contribution in [0.3, 0.4) is 0 Å². The Morgan fingerprint density at radius 2 is 2.00 bits per heavy atom. The first-order valence-electron chi connectivity index (χ1n) is 4.44. The van der Waals surface area contributed by atoms with Crippen molar-refractivity contribution < 1.29 is 10.2 Å². The number of benzene rings is 1. The van der Waals surface area contributed by atoms with E-state index in [0.29, 0.717) is 5.56 Å². The van der Waals surface area contributed by atoms with E-state index in [-0.39, 0.29) is 0 Å². The molecule has 1 aromatic carbocycles. The fourth-order valence-electron chi connectivity index (χ4n) is 1.96. The van der Waals surface area contributed by atoms with Crippen LogP contribution in [0.5, 0.6) is 0 Å². The van der Waals surface area contributed by atoms with Gasteiger partial charge in [0.2, 0.25) is 5.91 Å². The van der Waals surface area contributed by atoms with Crippen molar-refractivity contribution in [1.29, 1.82) is 0 Å². The standard InChI is InChI=1S/C10H13NO2/c11-10(12,13)9-6-2-4-7-3-1-5-8(7)9/h2,4,6,12-13H,1,3,5,11H2. The molecule has 0 radical (unpaired) electrons. The van der Waals surface area contributed by atoms with E-state index in [4.69, 9.17) is 5.73 Å². The summed E-state index contributed by atoms with van der Waals surface area (Å²) >= 11 is 0. The second-order valence-electron chi connectivity index (χ2n) is 3.52. The van der Waals surface area contributed by atoms with Gasteiger partial charge in [0, 0.05) is 5.56 Å². The van der Waals surface area contributed by atoms with E-state index < -0.39 is 5.91 Å². The minimum Gasteiger partial charge on any atom is -0.350 e. The van der Waals surface area contributed by atoms with Gasteiger partial charge in [-0.15, -0.1) is 0 Å². The van der Waals surface area contributed by atoms with Crippen LogP contribution in [-0.2, 0) is 18.8 Å². The highest BCUT2D eigenvalue weighted by atomic mass is 16.5. The predicted octanol–water partition coefficient (Wildman–Crippen LogP) is 0.229. The zero-order valence-electron chi connectivity index (χ0n) is 7.33. The highest BCUT2D eigenvalue weighted by molar-refractivity contribution is 5.40. The molecule has 1 aliphatic rings. The second-order valence-corrected chi connectivity index (χ2v) is 3.52. The molecule has 0 saturated carbocycles. The molecular weight excluding hydrogens is 166 g/mol. The van der Waals surface area contributed by atoms with E-state index in [1.807, 2.05) is 12.1 Å². The third-order valence-corrected chi connectivity index (χ3v) is 2.54. The van der Waals surface area contributed by atoms with Crippen LogP contribution in [0, 0.1) is 0 Å². The lowest BCUT2D eigenvalue weighted by Gasteiger charge is -2.19. The van der Waals surface area contributed by atoms with Crippen molar-refractivity contribution in [1.82, 2.24) is 0 Å². The minimum atomic E-state index is -2.18. The third-order valence-electron chi connectivity index (χ3n) is 2.54. The maximum atomic E-state index is 9.29. The minimum absolute atomic E-state index is 0.447. The molecule has 0 aliphatic heterocycles. The van der Waals surface area contributed by atoms with Gasteiger partial charge in [0.25, 0.3) is 0 Å². The van der Waals surface area contributed by atoms with Crippen molar-refractivity contribution >= 4 is 0 Å². The molecule has 0 heterocycles. The zero-order valence-corrected chi connectivity index (χ0v) is 7.33. The van der Waals surface area contributed by atoms with Gasteiger partial charge in [0.05, 0.1) is 0 Å². The van der Waals surface area contributed by atoms with Crippen LogP contribution in [0.1, 0.15) is 23.1 Å². The summed E-state index contributed by atoms with van der Waals surface area (Å²) in [6, 6.07) is 5.50. The van der Waals surface area contributed by atoms with Gasteiger partial charge in [-0.1, -0.05) is 18.2 Å². The van der Waals surface area contributed by atoms with Crippen LogP contribution >= 0.6 is 0 Å². The summed E-state index contributed by atoms with van der Waals surface area (Å²) in [5, 5.41) is 18.6. The summed E-state index contributed by atoms with van der Waals surface area (Å²) in [6.45, 7) is 0. The molecule has 1 aromatic rings. The molecule has 0 aromatic heterocycles. The molecule has 0 unspecified atom stereocenters. The zero-order chi connectivity index (χ0) is 9.47. The fraction of sp³-hybridized carbons (Fsp3) is 0.400. The molecular formula is C10H13NO2. The first-order chi connectivity index (χ1) is 6.09. The van der Waals surface area contributed by atoms with Crippen LogP contribution in [0.4, 0.5) is 0 Å². The Balaban J connectivity index is 2.54. The van der Waals surface area contributed by atoms with Gasteiger partial charge in [-0.2, -0.15) is 0 Å². The van der Waals surface area contributed by atoms with Crippen LogP contribution in [0.25, 0.3) is 0 Å². The number of aliphatic hydroxyl groups is 2. The van der Waals surface area contributed by atoms with Crippen LogP contribution in [0.15, 0.2) is 18.2 Å². The summed E-state index contributed by atoms with van der Waals surface area (Å²) in [7, 11) is 0. The van der Waals surface area contributed by atoms with Crippen molar-refractivity contribution in [2.75, 3.05) is 0 Å². The summed E-state index contributed by atoms with van der Waals surface area (Å²) in [5.41, 5.74) is 7.89. The van der Waals surface area contributed by atoms with Crippen molar-refractivity contribution in [2.24, 2.45) is 5.73 Å². The lowest BCUT2D eigenvalue weighted by Crippen LogP contribution is -2.36. The maximum Gasteiger partial charge on any atom is 0.248 e. The van der Waals surface area contributed by atoms with E-state index in [1.54, 1.807) is 6.07 Å². The highest BCUT2D eigenvalue weighted by Gasteiger charge is 2.26. The van der Waals surface area contributed by atoms with Crippen molar-refractivity contribution in [3.8, 4) is 0 Å². The largest absolute Gasteiger partial charge is 0.350 e. The predicted molar refractivity (Wildman–Crippen MR) is 48.8 cm³/mol. The van der Waals surface area contributed by atoms with Gasteiger partial charge in [-0.3, -0.25) is 5.73 Å². The lowest BCUT2D eigenvalue weighted by atomic mass is 10.0. The van der Waals surface area contributed by atoms with E-state index in [2.05, 4.69) is 0 Å². The lowest BCUT2D eigenvalue weighted by molar-refractivity contribution is -0.164. The number of hydrogen-bond donors (Lipinski definition) is 3. The third kappa shape index (κ3) is 1.46. The van der Waals surface area contributed by atoms with Crippen molar-refractivity contribution in [3.63, 3.8) is 0 Å². The summed E-state index contributed by atoms with van der Waals surface area (Å²) in [5.74, 6) is -2.18. The van der Waals surface area contributed by atoms with Crippen molar-refractivity contribution in [3.05, 3.63) is 34.9 Å². The molecule has 4 N–H and O–H groups in total. The average molecular weight is 179 g/mol. The fourth-order valence-corrected chi connectivity index (χ4v) is 1.96. The van der Waals surface area contributed by atoms with Crippen LogP contribution in [-0.4, -0.2) is 10.2 Å². The quantitative estimate of drug-likeness (QED) is 0.541. The second kappa shape index (κ2) is 2.80. The molecule has 0 fully saturated rings. The van der Waals surface area contributed by atoms with Crippen LogP contribution < -0.4 is 5.73 Å². The Hall–Kier alpha value is -0.900. The first-order valence-corrected chi connectivity index (χ1v) is 4.44. The summed E-state index contributed by atoms with van der Waals surface area (Å²) in [6.07, 6.45) is 2.98. The van der Waals surface area contributed by atoms with Gasteiger partial charge in [-0.05, 0) is 30.4 Å². The Labute approximate surface area is 76.8 Å². The first kappa shape index (κ1) is 8.69.